The number of carbonyl (C=O) groups excluding carboxylic acids is 1. The summed E-state index contributed by atoms with van der Waals surface area (Å²) in [6.07, 6.45) is 6.58. The Kier molecular flexibility index (Phi) is 7.87. The van der Waals surface area contributed by atoms with E-state index in [1.165, 1.54) is 16.7 Å². The van der Waals surface area contributed by atoms with Crippen molar-refractivity contribution in [3.8, 4) is 5.69 Å². The van der Waals surface area contributed by atoms with Crippen molar-refractivity contribution < 1.29 is 4.79 Å². The topological polar surface area (TPSA) is 75.9 Å². The van der Waals surface area contributed by atoms with Crippen LogP contribution in [0.4, 0.5) is 0 Å². The molecule has 0 radical (unpaired) electrons. The van der Waals surface area contributed by atoms with E-state index in [2.05, 4.69) is 56.7 Å². The summed E-state index contributed by atoms with van der Waals surface area (Å²) in [5.74, 6) is -0.167. The Morgan fingerprint density at radius 1 is 1.21 bits per heavy atom. The molecule has 1 aliphatic heterocycles. The summed E-state index contributed by atoms with van der Waals surface area (Å²) in [5.41, 5.74) is 5.69. The van der Waals surface area contributed by atoms with Crippen molar-refractivity contribution in [1.29, 1.82) is 0 Å². The Morgan fingerprint density at radius 3 is 2.76 bits per heavy atom. The summed E-state index contributed by atoms with van der Waals surface area (Å²) in [7, 11) is 0. The Labute approximate surface area is 202 Å². The third-order valence-electron chi connectivity index (χ3n) is 6.11. The molecule has 0 unspecified atom stereocenters. The van der Waals surface area contributed by atoms with E-state index < -0.39 is 0 Å². The van der Waals surface area contributed by atoms with Gasteiger partial charge >= 0.3 is 0 Å². The van der Waals surface area contributed by atoms with Crippen molar-refractivity contribution in [3.63, 3.8) is 0 Å². The Bertz CT molecular complexity index is 1100. The predicted octanol–water partition coefficient (Wildman–Crippen LogP) is 4.26. The third kappa shape index (κ3) is 5.60. The number of hydrogen-bond donors (Lipinski definition) is 1. The zero-order valence-electron chi connectivity index (χ0n) is 19.8. The number of nitrogens with zero attached hydrogens (tertiary/aromatic N) is 5. The minimum absolute atomic E-state index is 0. The van der Waals surface area contributed by atoms with Gasteiger partial charge in [0.1, 0.15) is 0 Å². The number of fused-ring (bicyclic) bond motifs is 1. The first kappa shape index (κ1) is 24.9. The molecule has 3 heterocycles. The van der Waals surface area contributed by atoms with Crippen molar-refractivity contribution in [2.24, 2.45) is 0 Å². The molecule has 0 saturated heterocycles. The molecule has 176 valence electrons. The van der Waals surface area contributed by atoms with E-state index >= 15 is 0 Å². The lowest BCUT2D eigenvalue weighted by Crippen LogP contribution is -2.43. The van der Waals surface area contributed by atoms with Gasteiger partial charge in [0, 0.05) is 37.6 Å². The highest BCUT2D eigenvalue weighted by molar-refractivity contribution is 5.93. The van der Waals surface area contributed by atoms with Crippen molar-refractivity contribution >= 4 is 18.3 Å². The number of pyridine rings is 1. The first-order valence-corrected chi connectivity index (χ1v) is 11.3. The molecular formula is C25H33ClN6O. The monoisotopic (exact) mass is 468 g/mol. The maximum Gasteiger partial charge on any atom is 0.274 e. The minimum atomic E-state index is -0.272. The maximum atomic E-state index is 12.9. The molecule has 33 heavy (non-hydrogen) atoms. The van der Waals surface area contributed by atoms with Crippen LogP contribution < -0.4 is 5.32 Å². The van der Waals surface area contributed by atoms with E-state index in [4.69, 9.17) is 0 Å². The molecule has 0 atom stereocenters. The number of amides is 1. The van der Waals surface area contributed by atoms with Crippen LogP contribution in [0.5, 0.6) is 0 Å². The fourth-order valence-corrected chi connectivity index (χ4v) is 4.55. The van der Waals surface area contributed by atoms with Gasteiger partial charge in [-0.05, 0) is 62.4 Å². The molecule has 3 aromatic rings. The van der Waals surface area contributed by atoms with Crippen LogP contribution in [0.3, 0.4) is 0 Å². The first-order valence-electron chi connectivity index (χ1n) is 11.3. The van der Waals surface area contributed by atoms with E-state index in [-0.39, 0.29) is 23.9 Å². The second-order valence-corrected chi connectivity index (χ2v) is 9.26. The zero-order chi connectivity index (χ0) is 22.7. The van der Waals surface area contributed by atoms with Crippen molar-refractivity contribution in [3.05, 3.63) is 70.8 Å². The molecule has 0 aliphatic carbocycles. The lowest BCUT2D eigenvalue weighted by molar-refractivity contribution is 0.0903. The number of carbonyl (C=O) groups is 1. The first-order chi connectivity index (χ1) is 15.4. The molecule has 1 aliphatic rings. The Balaban J connectivity index is 0.00000306. The van der Waals surface area contributed by atoms with Crippen molar-refractivity contribution in [1.82, 2.24) is 30.2 Å². The fourth-order valence-electron chi connectivity index (χ4n) is 4.55. The molecular weight excluding hydrogens is 436 g/mol. The minimum Gasteiger partial charge on any atom is -0.346 e. The number of hydrogen-bond acceptors (Lipinski definition) is 5. The predicted molar refractivity (Wildman–Crippen MR) is 132 cm³/mol. The van der Waals surface area contributed by atoms with Gasteiger partial charge in [0.05, 0.1) is 11.4 Å². The van der Waals surface area contributed by atoms with Crippen LogP contribution in [0.2, 0.25) is 0 Å². The second kappa shape index (κ2) is 10.4. The quantitative estimate of drug-likeness (QED) is 0.560. The smallest absolute Gasteiger partial charge is 0.274 e. The van der Waals surface area contributed by atoms with Crippen LogP contribution in [0.15, 0.2) is 42.7 Å². The molecule has 0 spiro atoms. The molecule has 4 rings (SSSR count). The number of benzene rings is 1. The summed E-state index contributed by atoms with van der Waals surface area (Å²) >= 11 is 0. The molecule has 1 N–H and O–H groups in total. The van der Waals surface area contributed by atoms with Gasteiger partial charge in [0.15, 0.2) is 5.69 Å². The Hall–Kier alpha value is -2.77. The number of aromatic nitrogens is 4. The molecule has 8 heteroatoms. The lowest BCUT2D eigenvalue weighted by Gasteiger charge is -2.30. The van der Waals surface area contributed by atoms with Crippen LogP contribution in [0.1, 0.15) is 66.5 Å². The van der Waals surface area contributed by atoms with Crippen molar-refractivity contribution in [2.75, 3.05) is 6.54 Å². The van der Waals surface area contributed by atoms with Gasteiger partial charge in [-0.2, -0.15) is 0 Å². The molecule has 0 saturated carbocycles. The van der Waals surface area contributed by atoms with E-state index in [1.807, 2.05) is 37.7 Å². The normalized spacial score (nSPS) is 13.8. The SMILES string of the molecule is CCCC(C)(C)NC(=O)c1nnn(-c2cccc3c2CCN(Cc2cccnc2)C3)c1C.Cl. The highest BCUT2D eigenvalue weighted by Crippen LogP contribution is 2.27. The summed E-state index contributed by atoms with van der Waals surface area (Å²) < 4.78 is 1.82. The van der Waals surface area contributed by atoms with Crippen LogP contribution >= 0.6 is 12.4 Å². The third-order valence-corrected chi connectivity index (χ3v) is 6.11. The average Bonchev–Trinajstić information content (AvgIpc) is 3.15. The van der Waals surface area contributed by atoms with Gasteiger partial charge in [0.25, 0.3) is 5.91 Å². The highest BCUT2D eigenvalue weighted by atomic mass is 35.5. The van der Waals surface area contributed by atoms with Crippen molar-refractivity contribution in [2.45, 2.75) is 65.6 Å². The molecule has 0 fully saturated rings. The number of halogens is 1. The van der Waals surface area contributed by atoms with Gasteiger partial charge in [-0.3, -0.25) is 14.7 Å². The molecule has 2 aromatic heterocycles. The summed E-state index contributed by atoms with van der Waals surface area (Å²) in [6.45, 7) is 10.8. The van der Waals surface area contributed by atoms with Crippen LogP contribution in [0.25, 0.3) is 5.69 Å². The average molecular weight is 469 g/mol. The highest BCUT2D eigenvalue weighted by Gasteiger charge is 2.26. The van der Waals surface area contributed by atoms with Crippen LogP contribution in [-0.2, 0) is 19.5 Å². The van der Waals surface area contributed by atoms with Crippen LogP contribution in [-0.4, -0.2) is 42.9 Å². The number of nitrogens with one attached hydrogen (secondary N) is 1. The van der Waals surface area contributed by atoms with Gasteiger partial charge in [-0.1, -0.05) is 36.8 Å². The molecule has 7 nitrogen and oxygen atoms in total. The Morgan fingerprint density at radius 2 is 2.03 bits per heavy atom. The summed E-state index contributed by atoms with van der Waals surface area (Å²) in [6, 6.07) is 10.4. The maximum absolute atomic E-state index is 12.9. The van der Waals surface area contributed by atoms with E-state index in [0.29, 0.717) is 5.69 Å². The zero-order valence-corrected chi connectivity index (χ0v) is 20.7. The van der Waals surface area contributed by atoms with Gasteiger partial charge in [-0.25, -0.2) is 4.68 Å². The molecule has 0 bridgehead atoms. The summed E-state index contributed by atoms with van der Waals surface area (Å²) in [5, 5.41) is 11.7. The largest absolute Gasteiger partial charge is 0.346 e. The van der Waals surface area contributed by atoms with Gasteiger partial charge in [0.2, 0.25) is 0 Å². The van der Waals surface area contributed by atoms with E-state index in [1.54, 1.807) is 6.20 Å². The fraction of sp³-hybridized carbons (Fsp3) is 0.440. The van der Waals surface area contributed by atoms with Gasteiger partial charge < -0.3 is 5.32 Å². The lowest BCUT2D eigenvalue weighted by atomic mass is 9.97. The summed E-state index contributed by atoms with van der Waals surface area (Å²) in [4.78, 5) is 19.5. The molecule has 1 amide bonds. The van der Waals surface area contributed by atoms with E-state index in [9.17, 15) is 4.79 Å². The van der Waals surface area contributed by atoms with E-state index in [0.717, 1.165) is 50.3 Å². The number of rotatable bonds is 7. The van der Waals surface area contributed by atoms with Gasteiger partial charge in [-0.15, -0.1) is 17.5 Å². The van der Waals surface area contributed by atoms with Crippen LogP contribution in [0, 0.1) is 6.92 Å². The standard InChI is InChI=1S/C25H32N6O.ClH/c1-5-12-25(3,4)27-24(32)23-18(2)31(29-28-23)22-10-6-9-20-17-30(14-11-21(20)22)16-19-8-7-13-26-15-19;/h6-10,13,15H,5,11-12,14,16-17H2,1-4H3,(H,27,32);1H. The second-order valence-electron chi connectivity index (χ2n) is 9.26. The molecule has 1 aromatic carbocycles.